The maximum absolute atomic E-state index is 12.7. The van der Waals surface area contributed by atoms with Crippen molar-refractivity contribution in [1.29, 1.82) is 0 Å². The molecule has 0 fully saturated rings. The van der Waals surface area contributed by atoms with Crippen LogP contribution in [0.3, 0.4) is 0 Å². The van der Waals surface area contributed by atoms with Crippen molar-refractivity contribution in [3.8, 4) is 5.75 Å². The maximum Gasteiger partial charge on any atom is 0.416 e. The number of hydrogen-bond donors (Lipinski definition) is 1. The monoisotopic (exact) mass is 381 g/mol. The van der Waals surface area contributed by atoms with E-state index >= 15 is 0 Å². The number of anilines is 1. The maximum atomic E-state index is 12.7. The van der Waals surface area contributed by atoms with Gasteiger partial charge in [-0.1, -0.05) is 30.3 Å². The molecule has 0 aliphatic carbocycles. The second-order valence-corrected chi connectivity index (χ2v) is 5.70. The first-order valence-electron chi connectivity index (χ1n) is 8.00. The lowest BCUT2D eigenvalue weighted by molar-refractivity contribution is -0.152. The van der Waals surface area contributed by atoms with Gasteiger partial charge in [-0.2, -0.15) is 13.2 Å². The Kier molecular flexibility index (Phi) is 6.44. The number of rotatable bonds is 6. The topological polar surface area (TPSA) is 64.6 Å². The minimum absolute atomic E-state index is 0.146. The van der Waals surface area contributed by atoms with Gasteiger partial charge < -0.3 is 14.8 Å². The van der Waals surface area contributed by atoms with Gasteiger partial charge in [0.25, 0.3) is 5.91 Å². The summed E-state index contributed by atoms with van der Waals surface area (Å²) in [5.74, 6) is -0.956. The molecule has 0 spiro atoms. The number of alkyl halides is 3. The lowest BCUT2D eigenvalue weighted by Gasteiger charge is -2.15. The minimum Gasteiger partial charge on any atom is -0.495 e. The summed E-state index contributed by atoms with van der Waals surface area (Å²) in [5.41, 5.74) is -0.298. The van der Waals surface area contributed by atoms with Gasteiger partial charge in [0.05, 0.1) is 24.8 Å². The van der Waals surface area contributed by atoms with E-state index in [9.17, 15) is 22.8 Å². The molecule has 0 saturated heterocycles. The third kappa shape index (κ3) is 5.73. The summed E-state index contributed by atoms with van der Waals surface area (Å²) < 4.78 is 48.3. The van der Waals surface area contributed by atoms with Gasteiger partial charge in [0, 0.05) is 0 Å². The number of ether oxygens (including phenoxy) is 2. The SMILES string of the molecule is COc1ccccc1NC(=O)[C@@H](C)OC(=O)Cc1cccc(C(F)(F)F)c1. The van der Waals surface area contributed by atoms with Crippen LogP contribution in [0.25, 0.3) is 0 Å². The lowest BCUT2D eigenvalue weighted by Crippen LogP contribution is -2.30. The van der Waals surface area contributed by atoms with Crippen LogP contribution in [0.2, 0.25) is 0 Å². The van der Waals surface area contributed by atoms with Crippen LogP contribution in [0.1, 0.15) is 18.1 Å². The fraction of sp³-hybridized carbons (Fsp3) is 0.263. The molecule has 5 nitrogen and oxygen atoms in total. The van der Waals surface area contributed by atoms with Gasteiger partial charge in [-0.15, -0.1) is 0 Å². The number of methoxy groups -OCH3 is 1. The summed E-state index contributed by atoms with van der Waals surface area (Å²) in [5, 5.41) is 2.57. The molecule has 27 heavy (non-hydrogen) atoms. The van der Waals surface area contributed by atoms with Crippen molar-refractivity contribution in [2.24, 2.45) is 0 Å². The van der Waals surface area contributed by atoms with Crippen molar-refractivity contribution < 1.29 is 32.2 Å². The highest BCUT2D eigenvalue weighted by atomic mass is 19.4. The highest BCUT2D eigenvalue weighted by Gasteiger charge is 2.30. The molecule has 0 heterocycles. The second-order valence-electron chi connectivity index (χ2n) is 5.70. The molecule has 1 amide bonds. The Morgan fingerprint density at radius 1 is 1.11 bits per heavy atom. The zero-order valence-corrected chi connectivity index (χ0v) is 14.7. The van der Waals surface area contributed by atoms with E-state index in [4.69, 9.17) is 9.47 Å². The molecule has 144 valence electrons. The van der Waals surface area contributed by atoms with Crippen molar-refractivity contribution in [3.05, 3.63) is 59.7 Å². The first kappa shape index (κ1) is 20.3. The molecule has 0 aliphatic heterocycles. The summed E-state index contributed by atoms with van der Waals surface area (Å²) in [4.78, 5) is 24.1. The summed E-state index contributed by atoms with van der Waals surface area (Å²) >= 11 is 0. The van der Waals surface area contributed by atoms with E-state index in [-0.39, 0.29) is 12.0 Å². The Labute approximate surface area is 154 Å². The number of para-hydroxylation sites is 2. The first-order valence-corrected chi connectivity index (χ1v) is 8.00. The van der Waals surface area contributed by atoms with Gasteiger partial charge in [0.1, 0.15) is 5.75 Å². The van der Waals surface area contributed by atoms with Crippen LogP contribution in [0.4, 0.5) is 18.9 Å². The first-order chi connectivity index (χ1) is 12.7. The van der Waals surface area contributed by atoms with E-state index < -0.39 is 29.7 Å². The van der Waals surface area contributed by atoms with E-state index in [0.717, 1.165) is 12.1 Å². The normalized spacial score (nSPS) is 12.2. The third-order valence-corrected chi connectivity index (χ3v) is 3.65. The molecule has 0 saturated carbocycles. The Morgan fingerprint density at radius 3 is 2.48 bits per heavy atom. The van der Waals surface area contributed by atoms with Gasteiger partial charge in [-0.3, -0.25) is 9.59 Å². The molecule has 0 aromatic heterocycles. The molecule has 0 radical (unpaired) electrons. The molecule has 0 bridgehead atoms. The van der Waals surface area contributed by atoms with Crippen LogP contribution in [0.15, 0.2) is 48.5 Å². The number of esters is 1. The number of hydrogen-bond acceptors (Lipinski definition) is 4. The van der Waals surface area contributed by atoms with Gasteiger partial charge in [0.15, 0.2) is 6.10 Å². The Morgan fingerprint density at radius 2 is 1.81 bits per heavy atom. The van der Waals surface area contributed by atoms with E-state index in [2.05, 4.69) is 5.32 Å². The lowest BCUT2D eigenvalue weighted by atomic mass is 10.1. The quantitative estimate of drug-likeness (QED) is 0.773. The van der Waals surface area contributed by atoms with Crippen LogP contribution >= 0.6 is 0 Å². The number of amides is 1. The van der Waals surface area contributed by atoms with Crippen LogP contribution in [-0.2, 0) is 26.9 Å². The number of benzene rings is 2. The predicted octanol–water partition coefficient (Wildman–Crippen LogP) is 3.83. The van der Waals surface area contributed by atoms with Gasteiger partial charge in [-0.05, 0) is 30.7 Å². The molecule has 1 atom stereocenters. The molecular formula is C19H18F3NO4. The molecular weight excluding hydrogens is 363 g/mol. The smallest absolute Gasteiger partial charge is 0.416 e. The molecule has 8 heteroatoms. The van der Waals surface area contributed by atoms with E-state index in [1.165, 1.54) is 26.2 Å². The Bertz CT molecular complexity index is 821. The predicted molar refractivity (Wildman–Crippen MR) is 92.3 cm³/mol. The standard InChI is InChI=1S/C19H18F3NO4/c1-12(18(25)23-15-8-3-4-9-16(15)26-2)27-17(24)11-13-6-5-7-14(10-13)19(20,21)22/h3-10,12H,11H2,1-2H3,(H,23,25)/t12-/m1/s1. The largest absolute Gasteiger partial charge is 0.495 e. The zero-order chi connectivity index (χ0) is 20.0. The van der Waals surface area contributed by atoms with E-state index in [1.807, 2.05) is 0 Å². The molecule has 2 aromatic carbocycles. The van der Waals surface area contributed by atoms with Crippen molar-refractivity contribution in [1.82, 2.24) is 0 Å². The zero-order valence-electron chi connectivity index (χ0n) is 14.7. The molecule has 2 rings (SSSR count). The highest BCUT2D eigenvalue weighted by molar-refractivity contribution is 5.96. The van der Waals surface area contributed by atoms with Crippen molar-refractivity contribution in [2.45, 2.75) is 25.6 Å². The molecule has 2 aromatic rings. The Hall–Kier alpha value is -3.03. The molecule has 0 unspecified atom stereocenters. The van der Waals surface area contributed by atoms with Gasteiger partial charge in [0.2, 0.25) is 0 Å². The molecule has 1 N–H and O–H groups in total. The number of carbonyl (C=O) groups is 2. The van der Waals surface area contributed by atoms with Crippen LogP contribution in [-0.4, -0.2) is 25.1 Å². The van der Waals surface area contributed by atoms with Crippen molar-refractivity contribution >= 4 is 17.6 Å². The number of halogens is 3. The fourth-order valence-electron chi connectivity index (χ4n) is 2.30. The van der Waals surface area contributed by atoms with Gasteiger partial charge >= 0.3 is 12.1 Å². The van der Waals surface area contributed by atoms with E-state index in [1.54, 1.807) is 24.3 Å². The third-order valence-electron chi connectivity index (χ3n) is 3.65. The minimum atomic E-state index is -4.50. The number of nitrogens with one attached hydrogen (secondary N) is 1. The summed E-state index contributed by atoms with van der Waals surface area (Å²) in [6, 6.07) is 11.1. The van der Waals surface area contributed by atoms with Crippen LogP contribution in [0, 0.1) is 0 Å². The van der Waals surface area contributed by atoms with Crippen LogP contribution in [0.5, 0.6) is 5.75 Å². The molecule has 0 aliphatic rings. The van der Waals surface area contributed by atoms with Gasteiger partial charge in [-0.25, -0.2) is 0 Å². The number of carbonyl (C=O) groups excluding carboxylic acids is 2. The van der Waals surface area contributed by atoms with E-state index in [0.29, 0.717) is 11.4 Å². The second kappa shape index (κ2) is 8.57. The summed E-state index contributed by atoms with van der Waals surface area (Å²) in [6.45, 7) is 1.37. The van der Waals surface area contributed by atoms with Crippen molar-refractivity contribution in [2.75, 3.05) is 12.4 Å². The fourth-order valence-corrected chi connectivity index (χ4v) is 2.30. The summed E-state index contributed by atoms with van der Waals surface area (Å²) in [7, 11) is 1.45. The summed E-state index contributed by atoms with van der Waals surface area (Å²) in [6.07, 6.45) is -6.01. The highest BCUT2D eigenvalue weighted by Crippen LogP contribution is 2.29. The van der Waals surface area contributed by atoms with Crippen LogP contribution < -0.4 is 10.1 Å². The van der Waals surface area contributed by atoms with Crippen molar-refractivity contribution in [3.63, 3.8) is 0 Å². The average molecular weight is 381 g/mol. The Balaban J connectivity index is 1.96. The average Bonchev–Trinajstić information content (AvgIpc) is 2.61.